The van der Waals surface area contributed by atoms with Crippen molar-refractivity contribution in [1.82, 2.24) is 4.90 Å². The maximum atomic E-state index is 12.6. The van der Waals surface area contributed by atoms with Gasteiger partial charge in [0.15, 0.2) is 0 Å². The Morgan fingerprint density at radius 3 is 2.28 bits per heavy atom. The number of hydrogen-bond donors (Lipinski definition) is 2. The van der Waals surface area contributed by atoms with Gasteiger partial charge in [0.1, 0.15) is 0 Å². The second kappa shape index (κ2) is 9.13. The minimum atomic E-state index is -4.37. The first kappa shape index (κ1) is 20.9. The summed E-state index contributed by atoms with van der Waals surface area (Å²) in [5.41, 5.74) is 1.34. The number of carbonyl (C=O) groups excluding carboxylic acids is 1. The molecule has 2 aromatic carbocycles. The van der Waals surface area contributed by atoms with Crippen molar-refractivity contribution >= 4 is 23.4 Å². The number of nitrogens with zero attached hydrogens (tertiary/aromatic N) is 1. The van der Waals surface area contributed by atoms with E-state index in [1.54, 1.807) is 0 Å². The molecule has 1 heterocycles. The monoisotopic (exact) mass is 403 g/mol. The molecule has 1 fully saturated rings. The van der Waals surface area contributed by atoms with Crippen LogP contribution in [0.3, 0.4) is 0 Å². The van der Waals surface area contributed by atoms with E-state index in [0.29, 0.717) is 17.3 Å². The van der Waals surface area contributed by atoms with Crippen molar-refractivity contribution in [2.45, 2.75) is 25.1 Å². The van der Waals surface area contributed by atoms with Crippen molar-refractivity contribution < 1.29 is 18.0 Å². The van der Waals surface area contributed by atoms with Crippen LogP contribution in [0.15, 0.2) is 54.6 Å². The van der Waals surface area contributed by atoms with E-state index in [1.165, 1.54) is 24.3 Å². The molecule has 154 valence electrons. The van der Waals surface area contributed by atoms with Crippen LogP contribution < -0.4 is 10.6 Å². The fraction of sp³-hybridized carbons (Fsp3) is 0.318. The number of hydrogen-bond acceptors (Lipinski definition) is 3. The maximum absolute atomic E-state index is 12.6. The lowest BCUT2D eigenvalue weighted by atomic mass is 10.0. The average Bonchev–Trinajstić information content (AvgIpc) is 2.69. The highest BCUT2D eigenvalue weighted by Gasteiger charge is 2.29. The van der Waals surface area contributed by atoms with E-state index in [9.17, 15) is 18.0 Å². The first-order valence-corrected chi connectivity index (χ1v) is 9.52. The number of anilines is 2. The standard InChI is InChI=1S/C22H24F3N3O/c1-28-14-12-18(13-15-28)26-19-4-2-3-5-20(19)27-21(29)11-8-16-6-9-17(10-7-16)22(23,24)25/h2-11,18,26H,12-15H2,1H3,(H,27,29). The van der Waals surface area contributed by atoms with Gasteiger partial charge in [-0.05, 0) is 68.9 Å². The molecular weight excluding hydrogens is 379 g/mol. The Morgan fingerprint density at radius 1 is 1.03 bits per heavy atom. The zero-order valence-corrected chi connectivity index (χ0v) is 16.2. The number of likely N-dealkylation sites (tertiary alicyclic amines) is 1. The number of carbonyl (C=O) groups is 1. The van der Waals surface area contributed by atoms with Gasteiger partial charge in [-0.2, -0.15) is 13.2 Å². The minimum absolute atomic E-state index is 0.345. The van der Waals surface area contributed by atoms with Gasteiger partial charge in [-0.3, -0.25) is 4.79 Å². The summed E-state index contributed by atoms with van der Waals surface area (Å²) in [6.07, 6.45) is 0.501. The number of nitrogens with one attached hydrogen (secondary N) is 2. The molecule has 7 heteroatoms. The predicted molar refractivity (Wildman–Crippen MR) is 110 cm³/mol. The third-order valence-electron chi connectivity index (χ3n) is 4.93. The van der Waals surface area contributed by atoms with Gasteiger partial charge in [0.2, 0.25) is 5.91 Å². The second-order valence-electron chi connectivity index (χ2n) is 7.21. The number of alkyl halides is 3. The Bertz CT molecular complexity index is 854. The maximum Gasteiger partial charge on any atom is 0.416 e. The summed E-state index contributed by atoms with van der Waals surface area (Å²) < 4.78 is 37.8. The van der Waals surface area contributed by atoms with Crippen molar-refractivity contribution in [1.29, 1.82) is 0 Å². The fourth-order valence-corrected chi connectivity index (χ4v) is 3.22. The summed E-state index contributed by atoms with van der Waals surface area (Å²) in [7, 11) is 2.10. The third kappa shape index (κ3) is 6.09. The van der Waals surface area contributed by atoms with Gasteiger partial charge in [0, 0.05) is 12.1 Å². The fourth-order valence-electron chi connectivity index (χ4n) is 3.22. The van der Waals surface area contributed by atoms with Gasteiger partial charge in [-0.25, -0.2) is 0 Å². The van der Waals surface area contributed by atoms with E-state index in [4.69, 9.17) is 0 Å². The highest BCUT2D eigenvalue weighted by atomic mass is 19.4. The SMILES string of the molecule is CN1CCC(Nc2ccccc2NC(=O)C=Cc2ccc(C(F)(F)F)cc2)CC1. The molecule has 0 aliphatic carbocycles. The molecule has 2 N–H and O–H groups in total. The molecule has 1 aliphatic heterocycles. The number of piperidine rings is 1. The Morgan fingerprint density at radius 2 is 1.66 bits per heavy atom. The van der Waals surface area contributed by atoms with E-state index in [-0.39, 0.29) is 5.91 Å². The lowest BCUT2D eigenvalue weighted by molar-refractivity contribution is -0.137. The number of benzene rings is 2. The predicted octanol–water partition coefficient (Wildman–Crippen LogP) is 4.86. The lowest BCUT2D eigenvalue weighted by Gasteiger charge is -2.30. The molecule has 0 bridgehead atoms. The molecule has 1 amide bonds. The molecule has 2 aromatic rings. The minimum Gasteiger partial charge on any atom is -0.381 e. The molecule has 29 heavy (non-hydrogen) atoms. The van der Waals surface area contributed by atoms with E-state index < -0.39 is 11.7 Å². The third-order valence-corrected chi connectivity index (χ3v) is 4.93. The van der Waals surface area contributed by atoms with Crippen LogP contribution in [0.2, 0.25) is 0 Å². The highest BCUT2D eigenvalue weighted by Crippen LogP contribution is 2.29. The number of halogens is 3. The van der Waals surface area contributed by atoms with Crippen LogP contribution in [0.1, 0.15) is 24.0 Å². The van der Waals surface area contributed by atoms with Gasteiger partial charge >= 0.3 is 6.18 Å². The Kier molecular flexibility index (Phi) is 6.59. The zero-order valence-electron chi connectivity index (χ0n) is 16.2. The van der Waals surface area contributed by atoms with Crippen molar-refractivity contribution in [2.75, 3.05) is 30.8 Å². The summed E-state index contributed by atoms with van der Waals surface area (Å²) in [5.74, 6) is -0.345. The smallest absolute Gasteiger partial charge is 0.381 e. The Hall–Kier alpha value is -2.80. The van der Waals surface area contributed by atoms with E-state index in [1.807, 2.05) is 24.3 Å². The molecule has 0 radical (unpaired) electrons. The average molecular weight is 403 g/mol. The molecule has 0 atom stereocenters. The molecule has 3 rings (SSSR count). The van der Waals surface area contributed by atoms with Gasteiger partial charge < -0.3 is 15.5 Å². The van der Waals surface area contributed by atoms with Gasteiger partial charge in [0.05, 0.1) is 16.9 Å². The van der Waals surface area contributed by atoms with Crippen LogP contribution in [-0.4, -0.2) is 37.0 Å². The molecule has 0 spiro atoms. The summed E-state index contributed by atoms with van der Waals surface area (Å²) in [5, 5.41) is 6.33. The summed E-state index contributed by atoms with van der Waals surface area (Å²) in [4.78, 5) is 14.6. The van der Waals surface area contributed by atoms with Crippen LogP contribution in [0.4, 0.5) is 24.5 Å². The number of rotatable bonds is 5. The topological polar surface area (TPSA) is 44.4 Å². The van der Waals surface area contributed by atoms with E-state index in [2.05, 4.69) is 22.6 Å². The lowest BCUT2D eigenvalue weighted by Crippen LogP contribution is -2.36. The molecular formula is C22H24F3N3O. The Balaban J connectivity index is 1.61. The van der Waals surface area contributed by atoms with Crippen LogP contribution in [0.25, 0.3) is 6.08 Å². The summed E-state index contributed by atoms with van der Waals surface area (Å²) in [6, 6.07) is 12.5. The largest absolute Gasteiger partial charge is 0.416 e. The van der Waals surface area contributed by atoms with Crippen LogP contribution in [0, 0.1) is 0 Å². The van der Waals surface area contributed by atoms with E-state index in [0.717, 1.165) is 43.8 Å². The van der Waals surface area contributed by atoms with Crippen molar-refractivity contribution in [3.05, 3.63) is 65.7 Å². The van der Waals surface area contributed by atoms with Crippen LogP contribution >= 0.6 is 0 Å². The van der Waals surface area contributed by atoms with Crippen molar-refractivity contribution in [2.24, 2.45) is 0 Å². The van der Waals surface area contributed by atoms with Crippen LogP contribution in [0.5, 0.6) is 0 Å². The molecule has 1 aliphatic rings. The molecule has 1 saturated heterocycles. The Labute approximate surface area is 168 Å². The van der Waals surface area contributed by atoms with Crippen molar-refractivity contribution in [3.8, 4) is 0 Å². The zero-order chi connectivity index (χ0) is 20.9. The van der Waals surface area contributed by atoms with Gasteiger partial charge in [-0.1, -0.05) is 24.3 Å². The van der Waals surface area contributed by atoms with Crippen molar-refractivity contribution in [3.63, 3.8) is 0 Å². The molecule has 0 saturated carbocycles. The molecule has 4 nitrogen and oxygen atoms in total. The van der Waals surface area contributed by atoms with E-state index >= 15 is 0 Å². The number of amides is 1. The van der Waals surface area contributed by atoms with Gasteiger partial charge in [-0.15, -0.1) is 0 Å². The first-order valence-electron chi connectivity index (χ1n) is 9.52. The molecule has 0 unspecified atom stereocenters. The normalized spacial score (nSPS) is 16.1. The van der Waals surface area contributed by atoms with Crippen LogP contribution in [-0.2, 0) is 11.0 Å². The first-order chi connectivity index (χ1) is 13.8. The van der Waals surface area contributed by atoms with Gasteiger partial charge in [0.25, 0.3) is 0 Å². The highest BCUT2D eigenvalue weighted by molar-refractivity contribution is 6.03. The second-order valence-corrected chi connectivity index (χ2v) is 7.21. The number of para-hydroxylation sites is 2. The summed E-state index contributed by atoms with van der Waals surface area (Å²) >= 11 is 0. The molecule has 0 aromatic heterocycles. The quantitative estimate of drug-likeness (QED) is 0.701. The summed E-state index contributed by atoms with van der Waals surface area (Å²) in [6.45, 7) is 2.06.